The number of phenols is 1. The van der Waals surface area contributed by atoms with Gasteiger partial charge in [0.1, 0.15) is 29.9 Å². The van der Waals surface area contributed by atoms with E-state index in [2.05, 4.69) is 26.6 Å². The number of benzene rings is 2. The number of nitrogens with one attached hydrogen (secondary N) is 5. The summed E-state index contributed by atoms with van der Waals surface area (Å²) in [6.45, 7) is 3.99. The van der Waals surface area contributed by atoms with Gasteiger partial charge in [0.2, 0.25) is 29.5 Å². The minimum absolute atomic E-state index is 0.0130. The Morgan fingerprint density at radius 2 is 1.29 bits per heavy atom. The van der Waals surface area contributed by atoms with Gasteiger partial charge in [-0.2, -0.15) is 0 Å². The van der Waals surface area contributed by atoms with Gasteiger partial charge < -0.3 is 47.6 Å². The summed E-state index contributed by atoms with van der Waals surface area (Å²) in [6, 6.07) is 8.41. The quantitative estimate of drug-likeness (QED) is 0.0909. The molecule has 2 rings (SSSR count). The highest BCUT2D eigenvalue weighted by Crippen LogP contribution is 2.11. The van der Waals surface area contributed by atoms with Crippen molar-refractivity contribution >= 4 is 41.5 Å². The number of nitrogens with two attached hydrogens (primary N) is 1. The van der Waals surface area contributed by atoms with Crippen molar-refractivity contribution in [3.05, 3.63) is 65.7 Å². The summed E-state index contributed by atoms with van der Waals surface area (Å²) in [6.07, 6.45) is -0.746. The van der Waals surface area contributed by atoms with Crippen molar-refractivity contribution in [3.63, 3.8) is 0 Å². The van der Waals surface area contributed by atoms with Crippen LogP contribution in [-0.2, 0) is 46.4 Å². The Morgan fingerprint density at radius 3 is 1.85 bits per heavy atom. The van der Waals surface area contributed by atoms with Crippen molar-refractivity contribution in [2.45, 2.75) is 70.2 Å². The van der Waals surface area contributed by atoms with Gasteiger partial charge in [-0.1, -0.05) is 56.3 Å². The normalized spacial score (nSPS) is 13.9. The minimum atomic E-state index is -1.74. The minimum Gasteiger partial charge on any atom is -0.508 e. The third kappa shape index (κ3) is 13.1. The molecule has 0 aliphatic rings. The van der Waals surface area contributed by atoms with E-state index < -0.39 is 90.6 Å². The zero-order valence-electron chi connectivity index (χ0n) is 26.8. The smallest absolute Gasteiger partial charge is 0.326 e. The lowest BCUT2D eigenvalue weighted by molar-refractivity contribution is -0.147. The van der Waals surface area contributed by atoms with Crippen LogP contribution < -0.4 is 32.3 Å². The van der Waals surface area contributed by atoms with Crippen LogP contribution in [0, 0.1) is 5.92 Å². The van der Waals surface area contributed by atoms with Crippen LogP contribution >= 0.6 is 0 Å². The molecule has 2 aromatic rings. The molecule has 0 aliphatic heterocycles. The molecule has 0 saturated carbocycles. The van der Waals surface area contributed by atoms with Crippen molar-refractivity contribution in [3.8, 4) is 5.75 Å². The van der Waals surface area contributed by atoms with E-state index in [-0.39, 0.29) is 18.6 Å². The Morgan fingerprint density at radius 1 is 0.688 bits per heavy atom. The largest absolute Gasteiger partial charge is 0.508 e. The fourth-order valence-corrected chi connectivity index (χ4v) is 4.41. The predicted octanol–water partition coefficient (Wildman–Crippen LogP) is -1.20. The van der Waals surface area contributed by atoms with E-state index in [0.29, 0.717) is 11.1 Å². The summed E-state index contributed by atoms with van der Waals surface area (Å²) < 4.78 is 0. The van der Waals surface area contributed by atoms with Gasteiger partial charge in [-0.05, 0) is 42.5 Å². The number of hydrogen-bond donors (Lipinski definition) is 9. The molecule has 2 aromatic carbocycles. The summed E-state index contributed by atoms with van der Waals surface area (Å²) in [7, 11) is 0. The molecule has 5 atom stereocenters. The van der Waals surface area contributed by atoms with Gasteiger partial charge in [-0.15, -0.1) is 0 Å². The Bertz CT molecular complexity index is 1450. The third-order valence-electron chi connectivity index (χ3n) is 7.08. The molecule has 48 heavy (non-hydrogen) atoms. The molecule has 260 valence electrons. The number of aromatic hydroxyl groups is 1. The molecule has 0 heterocycles. The molecule has 0 bridgehead atoms. The average Bonchev–Trinajstić information content (AvgIpc) is 3.02. The fourth-order valence-electron chi connectivity index (χ4n) is 4.41. The lowest BCUT2D eigenvalue weighted by Gasteiger charge is -2.26. The maximum absolute atomic E-state index is 13.4. The van der Waals surface area contributed by atoms with Crippen molar-refractivity contribution in [2.75, 3.05) is 6.54 Å². The first-order valence-electron chi connectivity index (χ1n) is 15.1. The number of rotatable bonds is 18. The molecule has 0 radical (unpaired) electrons. The van der Waals surface area contributed by atoms with Crippen LogP contribution in [0.25, 0.3) is 0 Å². The first kappa shape index (κ1) is 38.7. The zero-order valence-corrected chi connectivity index (χ0v) is 26.8. The van der Waals surface area contributed by atoms with Crippen LogP contribution in [0.5, 0.6) is 5.75 Å². The van der Waals surface area contributed by atoms with Crippen molar-refractivity contribution in [1.29, 1.82) is 0 Å². The van der Waals surface area contributed by atoms with Crippen LogP contribution in [0.2, 0.25) is 0 Å². The summed E-state index contributed by atoms with van der Waals surface area (Å²) in [5.41, 5.74) is 7.30. The molecule has 0 unspecified atom stereocenters. The second kappa shape index (κ2) is 18.6. The second-order valence-corrected chi connectivity index (χ2v) is 11.5. The number of phenolic OH excluding ortho intramolecular Hbond substituents is 1. The van der Waals surface area contributed by atoms with Gasteiger partial charge in [0.15, 0.2) is 0 Å². The standard InChI is InChI=1S/C32H42N6O10/c1-17(2)27(31(46)37-24(32(47)48)15-26(41)42)38-30(45)23(14-19-7-5-4-6-8-19)36-25(40)16-34-28(43)18(3)35-29(44)22(33)13-20-9-11-21(39)12-10-20/h4-12,17-18,22-24,27,39H,13-16,33H2,1-3H3,(H,34,43)(H,35,44)(H,36,40)(H,37,46)(H,38,45)(H,41,42)(H,47,48)/t18-,22-,23-,24-,27-/m0/s1. The Kier molecular flexibility index (Phi) is 15.0. The maximum Gasteiger partial charge on any atom is 0.326 e. The molecule has 10 N–H and O–H groups in total. The lowest BCUT2D eigenvalue weighted by Crippen LogP contribution is -2.58. The SMILES string of the molecule is CC(C)[C@H](NC(=O)[C@H](Cc1ccccc1)NC(=O)CNC(=O)[C@H](C)NC(=O)[C@@H](N)Cc1ccc(O)cc1)C(=O)N[C@@H](CC(=O)O)C(=O)O. The molecular weight excluding hydrogens is 628 g/mol. The molecule has 0 fully saturated rings. The van der Waals surface area contributed by atoms with Gasteiger partial charge in [-0.25, -0.2) is 4.79 Å². The molecular formula is C32H42N6O10. The van der Waals surface area contributed by atoms with Gasteiger partial charge in [0, 0.05) is 6.42 Å². The van der Waals surface area contributed by atoms with Crippen LogP contribution in [0.1, 0.15) is 38.3 Å². The van der Waals surface area contributed by atoms with Gasteiger partial charge >= 0.3 is 11.9 Å². The van der Waals surface area contributed by atoms with Crippen molar-refractivity contribution in [2.24, 2.45) is 11.7 Å². The van der Waals surface area contributed by atoms with Crippen molar-refractivity contribution < 1.29 is 48.9 Å². The van der Waals surface area contributed by atoms with Gasteiger partial charge in [-0.3, -0.25) is 28.8 Å². The summed E-state index contributed by atoms with van der Waals surface area (Å²) >= 11 is 0. The molecule has 0 aromatic heterocycles. The van der Waals surface area contributed by atoms with Crippen molar-refractivity contribution in [1.82, 2.24) is 26.6 Å². The Labute approximate surface area is 276 Å². The Hall–Kier alpha value is -5.51. The summed E-state index contributed by atoms with van der Waals surface area (Å²) in [5, 5.41) is 39.7. The molecule has 0 saturated heterocycles. The highest BCUT2D eigenvalue weighted by Gasteiger charge is 2.32. The van der Waals surface area contributed by atoms with Crippen LogP contribution in [0.3, 0.4) is 0 Å². The van der Waals surface area contributed by atoms with Gasteiger partial charge in [0.05, 0.1) is 19.0 Å². The molecule has 0 spiro atoms. The van der Waals surface area contributed by atoms with E-state index in [1.807, 2.05) is 0 Å². The number of carbonyl (C=O) groups is 7. The second-order valence-electron chi connectivity index (χ2n) is 11.5. The van der Waals surface area contributed by atoms with E-state index in [1.54, 1.807) is 56.3 Å². The van der Waals surface area contributed by atoms with Crippen LogP contribution in [-0.4, -0.2) is 93.5 Å². The molecule has 5 amide bonds. The number of aliphatic carboxylic acids is 2. The number of carbonyl (C=O) groups excluding carboxylic acids is 5. The highest BCUT2D eigenvalue weighted by molar-refractivity contribution is 5.95. The van der Waals surface area contributed by atoms with Crippen LogP contribution in [0.15, 0.2) is 54.6 Å². The predicted molar refractivity (Wildman–Crippen MR) is 171 cm³/mol. The fraction of sp³-hybridized carbons (Fsp3) is 0.406. The Balaban J connectivity index is 2.04. The number of carboxylic acids is 2. The number of hydrogen-bond acceptors (Lipinski definition) is 9. The lowest BCUT2D eigenvalue weighted by atomic mass is 10.0. The van der Waals surface area contributed by atoms with E-state index >= 15 is 0 Å². The van der Waals surface area contributed by atoms with E-state index in [0.717, 1.165) is 0 Å². The number of amides is 5. The monoisotopic (exact) mass is 670 g/mol. The average molecular weight is 671 g/mol. The van der Waals surface area contributed by atoms with E-state index in [4.69, 9.17) is 10.8 Å². The van der Waals surface area contributed by atoms with E-state index in [9.17, 15) is 43.8 Å². The topological polar surface area (TPSA) is 266 Å². The van der Waals surface area contributed by atoms with Crippen LogP contribution in [0.4, 0.5) is 0 Å². The highest BCUT2D eigenvalue weighted by atomic mass is 16.4. The number of carboxylic acid groups (broad SMARTS) is 2. The zero-order chi connectivity index (χ0) is 36.0. The third-order valence-corrected chi connectivity index (χ3v) is 7.08. The molecule has 16 nitrogen and oxygen atoms in total. The molecule has 0 aliphatic carbocycles. The summed E-state index contributed by atoms with van der Waals surface area (Å²) in [5.74, 6) is -7.32. The van der Waals surface area contributed by atoms with Gasteiger partial charge in [0.25, 0.3) is 0 Å². The maximum atomic E-state index is 13.4. The van der Waals surface area contributed by atoms with E-state index in [1.165, 1.54) is 19.1 Å². The first-order chi connectivity index (χ1) is 22.6. The summed E-state index contributed by atoms with van der Waals surface area (Å²) in [4.78, 5) is 86.8. The first-order valence-corrected chi connectivity index (χ1v) is 15.1. The molecule has 16 heteroatoms.